The van der Waals surface area contributed by atoms with Gasteiger partial charge in [-0.1, -0.05) is 19.4 Å². The molecule has 2 aliphatic heterocycles. The maximum Gasteiger partial charge on any atom is 0.254 e. The highest BCUT2D eigenvalue weighted by atomic mass is 16.5. The number of ether oxygens (including phenoxy) is 1. The van der Waals surface area contributed by atoms with Crippen LogP contribution in [0.4, 0.5) is 11.8 Å². The summed E-state index contributed by atoms with van der Waals surface area (Å²) >= 11 is 0. The summed E-state index contributed by atoms with van der Waals surface area (Å²) in [5, 5.41) is 8.13. The number of benzene rings is 1. The van der Waals surface area contributed by atoms with Gasteiger partial charge in [-0.05, 0) is 44.4 Å². The second-order valence-electron chi connectivity index (χ2n) is 10.1. The fourth-order valence-electron chi connectivity index (χ4n) is 5.61. The first-order chi connectivity index (χ1) is 17.4. The zero-order chi connectivity index (χ0) is 25.4. The molecule has 10 heteroatoms. The Balaban J connectivity index is 1.40. The van der Waals surface area contributed by atoms with Gasteiger partial charge in [0.05, 0.1) is 19.3 Å². The van der Waals surface area contributed by atoms with Gasteiger partial charge in [0.25, 0.3) is 5.91 Å². The van der Waals surface area contributed by atoms with Gasteiger partial charge in [-0.15, -0.1) is 0 Å². The number of aryl methyl sites for hydroxylation is 1. The number of methoxy groups -OCH3 is 1. The largest absolute Gasteiger partial charge is 0.496 e. The number of carbonyl (C=O) groups is 1. The van der Waals surface area contributed by atoms with Gasteiger partial charge in [-0.2, -0.15) is 10.1 Å². The third-order valence-electron chi connectivity index (χ3n) is 7.41. The first kappa shape index (κ1) is 24.3. The molecule has 3 aromatic rings. The molecular weight excluding hydrogens is 456 g/mol. The molecule has 0 aliphatic carbocycles. The minimum Gasteiger partial charge on any atom is -0.496 e. The minimum absolute atomic E-state index is 0.0728. The lowest BCUT2D eigenvalue weighted by molar-refractivity contribution is 0.0775. The van der Waals surface area contributed by atoms with Gasteiger partial charge in [0.1, 0.15) is 16.8 Å². The van der Waals surface area contributed by atoms with Crippen molar-refractivity contribution in [1.82, 2.24) is 29.5 Å². The van der Waals surface area contributed by atoms with E-state index in [2.05, 4.69) is 34.2 Å². The van der Waals surface area contributed by atoms with E-state index in [4.69, 9.17) is 15.6 Å². The molecule has 3 N–H and O–H groups in total. The number of aromatic nitrogens is 4. The van der Waals surface area contributed by atoms with Crippen molar-refractivity contribution in [2.45, 2.75) is 33.2 Å². The van der Waals surface area contributed by atoms with Gasteiger partial charge in [-0.25, -0.2) is 4.98 Å². The number of carbonyl (C=O) groups excluding carboxylic acids is 1. The van der Waals surface area contributed by atoms with Crippen LogP contribution in [0, 0.1) is 18.8 Å². The lowest BCUT2D eigenvalue weighted by Gasteiger charge is -2.20. The van der Waals surface area contributed by atoms with E-state index in [-0.39, 0.29) is 11.9 Å². The Morgan fingerprint density at radius 2 is 1.94 bits per heavy atom. The van der Waals surface area contributed by atoms with E-state index in [1.54, 1.807) is 7.11 Å². The molecule has 0 saturated carbocycles. The Morgan fingerprint density at radius 3 is 2.64 bits per heavy atom. The van der Waals surface area contributed by atoms with E-state index in [0.29, 0.717) is 35.5 Å². The Labute approximate surface area is 211 Å². The van der Waals surface area contributed by atoms with E-state index in [1.807, 2.05) is 34.7 Å². The smallest absolute Gasteiger partial charge is 0.254 e. The van der Waals surface area contributed by atoms with E-state index < -0.39 is 0 Å². The number of likely N-dealkylation sites (tertiary alicyclic amines) is 2. The van der Waals surface area contributed by atoms with Crippen molar-refractivity contribution in [3.63, 3.8) is 0 Å². The lowest BCUT2D eigenvalue weighted by atomic mass is 10.0. The van der Waals surface area contributed by atoms with Crippen LogP contribution in [0.25, 0.3) is 11.0 Å². The fraction of sp³-hybridized carbons (Fsp3) is 0.538. The van der Waals surface area contributed by atoms with Crippen molar-refractivity contribution in [1.29, 1.82) is 0 Å². The second-order valence-corrected chi connectivity index (χ2v) is 10.1. The molecule has 2 aliphatic rings. The fourth-order valence-corrected chi connectivity index (χ4v) is 5.61. The molecule has 4 heterocycles. The molecule has 1 amide bonds. The van der Waals surface area contributed by atoms with E-state index in [0.717, 1.165) is 67.9 Å². The predicted octanol–water partition coefficient (Wildman–Crippen LogP) is 2.62. The number of nitrogens with two attached hydrogens (primary N) is 1. The third kappa shape index (κ3) is 4.57. The molecule has 2 fully saturated rings. The molecule has 2 atom stereocenters. The third-order valence-corrected chi connectivity index (χ3v) is 7.41. The zero-order valence-electron chi connectivity index (χ0n) is 21.6. The average Bonchev–Trinajstić information content (AvgIpc) is 3.50. The van der Waals surface area contributed by atoms with Crippen LogP contribution in [-0.4, -0.2) is 82.3 Å². The lowest BCUT2D eigenvalue weighted by Crippen LogP contribution is -2.32. The molecule has 10 nitrogen and oxygen atoms in total. The Bertz CT molecular complexity index is 1260. The molecule has 36 heavy (non-hydrogen) atoms. The predicted molar refractivity (Wildman–Crippen MR) is 140 cm³/mol. The second kappa shape index (κ2) is 9.93. The van der Waals surface area contributed by atoms with Crippen LogP contribution in [0.15, 0.2) is 18.2 Å². The highest BCUT2D eigenvalue weighted by molar-refractivity contribution is 5.95. The van der Waals surface area contributed by atoms with Crippen molar-refractivity contribution in [2.75, 3.05) is 57.9 Å². The first-order valence-corrected chi connectivity index (χ1v) is 12.8. The summed E-state index contributed by atoms with van der Waals surface area (Å²) in [5.41, 5.74) is 9.90. The Kier molecular flexibility index (Phi) is 6.70. The first-order valence-electron chi connectivity index (χ1n) is 12.8. The molecular formula is C26H36N8O2. The summed E-state index contributed by atoms with van der Waals surface area (Å²) in [4.78, 5) is 26.5. The van der Waals surface area contributed by atoms with Crippen LogP contribution < -0.4 is 15.8 Å². The van der Waals surface area contributed by atoms with Gasteiger partial charge in [0.2, 0.25) is 5.95 Å². The molecule has 192 valence electrons. The number of nitrogens with zero attached hydrogens (tertiary/aromatic N) is 6. The summed E-state index contributed by atoms with van der Waals surface area (Å²) in [6.07, 6.45) is 2.10. The minimum atomic E-state index is 0.0728. The Hall–Kier alpha value is -3.40. The van der Waals surface area contributed by atoms with Crippen LogP contribution in [-0.2, 0) is 6.54 Å². The van der Waals surface area contributed by atoms with Crippen molar-refractivity contribution in [2.24, 2.45) is 11.8 Å². The number of anilines is 2. The number of amides is 1. The number of nitrogens with one attached hydrogen (secondary N) is 1. The zero-order valence-corrected chi connectivity index (χ0v) is 21.6. The van der Waals surface area contributed by atoms with Crippen molar-refractivity contribution in [3.05, 3.63) is 35.0 Å². The van der Waals surface area contributed by atoms with Crippen molar-refractivity contribution < 1.29 is 9.53 Å². The normalized spacial score (nSPS) is 19.7. The molecule has 0 bridgehead atoms. The monoisotopic (exact) mass is 492 g/mol. The van der Waals surface area contributed by atoms with Crippen LogP contribution in [0.1, 0.15) is 41.4 Å². The van der Waals surface area contributed by atoms with Crippen LogP contribution in [0.3, 0.4) is 0 Å². The number of fused-ring (bicyclic) bond motifs is 2. The summed E-state index contributed by atoms with van der Waals surface area (Å²) in [6.45, 7) is 9.11. The summed E-state index contributed by atoms with van der Waals surface area (Å²) in [5.74, 6) is 2.80. The summed E-state index contributed by atoms with van der Waals surface area (Å²) < 4.78 is 7.61. The molecule has 2 aromatic heterocycles. The maximum atomic E-state index is 13.3. The van der Waals surface area contributed by atoms with Crippen LogP contribution >= 0.6 is 0 Å². The number of hydrogen-bond donors (Lipinski definition) is 2. The van der Waals surface area contributed by atoms with Crippen LogP contribution in [0.2, 0.25) is 0 Å². The van der Waals surface area contributed by atoms with Gasteiger partial charge in [0.15, 0.2) is 5.82 Å². The van der Waals surface area contributed by atoms with E-state index in [9.17, 15) is 4.79 Å². The molecule has 0 radical (unpaired) electrons. The van der Waals surface area contributed by atoms with Crippen molar-refractivity contribution in [3.8, 4) is 5.75 Å². The van der Waals surface area contributed by atoms with E-state index >= 15 is 0 Å². The summed E-state index contributed by atoms with van der Waals surface area (Å²) in [7, 11) is 3.79. The molecule has 0 spiro atoms. The average molecular weight is 493 g/mol. The molecule has 5 rings (SSSR count). The highest BCUT2D eigenvalue weighted by Crippen LogP contribution is 2.32. The molecule has 1 aromatic carbocycles. The molecule has 2 saturated heterocycles. The topological polar surface area (TPSA) is 114 Å². The number of hydrogen-bond acceptors (Lipinski definition) is 8. The maximum absolute atomic E-state index is 13.3. The van der Waals surface area contributed by atoms with E-state index in [1.165, 1.54) is 0 Å². The van der Waals surface area contributed by atoms with Crippen molar-refractivity contribution >= 4 is 28.7 Å². The Morgan fingerprint density at radius 1 is 1.19 bits per heavy atom. The standard InChI is InChI=1S/C26H36N8O2/c1-5-6-9-28-24-23-22(29-26(27)30-24)16(2)31-34(23)15-18-8-7-17(10-21(18)36-4)25(35)33-13-19-11-32(3)12-20(19)14-33/h7-8,10,19-20H,5-6,9,11-15H2,1-4H3,(H3,27,28,29,30)/t19-,20+. The highest BCUT2D eigenvalue weighted by Gasteiger charge is 2.40. The summed E-state index contributed by atoms with van der Waals surface area (Å²) in [6, 6.07) is 5.71. The van der Waals surface area contributed by atoms with Crippen LogP contribution in [0.5, 0.6) is 5.75 Å². The van der Waals surface area contributed by atoms with Gasteiger partial charge in [0, 0.05) is 43.9 Å². The van der Waals surface area contributed by atoms with Gasteiger partial charge in [-0.3, -0.25) is 9.48 Å². The SMILES string of the molecule is CCCCNc1nc(N)nc2c(C)nn(Cc3ccc(C(=O)N4C[C@H]5CN(C)C[C@H]5C4)cc3OC)c12. The quantitative estimate of drug-likeness (QED) is 0.461. The molecule has 0 unspecified atom stereocenters. The number of nitrogen functional groups attached to an aromatic ring is 1. The van der Waals surface area contributed by atoms with Gasteiger partial charge < -0.3 is 25.6 Å². The number of unbranched alkanes of at least 4 members (excludes halogenated alkanes) is 1. The van der Waals surface area contributed by atoms with Gasteiger partial charge >= 0.3 is 0 Å². The number of rotatable bonds is 8.